The van der Waals surface area contributed by atoms with Crippen LogP contribution in [0.15, 0.2) is 51.6 Å². The molecule has 1 aliphatic rings. The number of aliphatic hydroxyl groups is 1. The van der Waals surface area contributed by atoms with Gasteiger partial charge in [-0.05, 0) is 35.9 Å². The van der Waals surface area contributed by atoms with Crippen molar-refractivity contribution in [3.8, 4) is 28.7 Å². The van der Waals surface area contributed by atoms with Gasteiger partial charge < -0.3 is 33.9 Å². The van der Waals surface area contributed by atoms with Crippen LogP contribution in [-0.2, 0) is 9.53 Å². The van der Waals surface area contributed by atoms with Crippen molar-refractivity contribution in [3.05, 3.63) is 52.1 Å². The van der Waals surface area contributed by atoms with Gasteiger partial charge in [0.15, 0.2) is 23.0 Å². The van der Waals surface area contributed by atoms with E-state index in [-0.39, 0.29) is 27.9 Å². The second-order valence-corrected chi connectivity index (χ2v) is 7.59. The number of carbonyl (C=O) groups excluding carboxylic acids is 1. The summed E-state index contributed by atoms with van der Waals surface area (Å²) >= 11 is 1.07. The maximum Gasteiger partial charge on any atom is 0.344 e. The standard InChI is InChI=1S/C23H23NO8S/c1-28-15-7-6-13(11-16(15)29-2)24-22-19(23(27)32-5)20(26)18(33-22)10-12-8-14(25)21(31-4)17(9-12)30-3/h6-11,25-26H,1-5H3/b18-10+,24-22?. The summed E-state index contributed by atoms with van der Waals surface area (Å²) in [4.78, 5) is 17.2. The number of carbonyl (C=O) groups is 1. The average Bonchev–Trinajstić information content (AvgIpc) is 3.12. The van der Waals surface area contributed by atoms with Crippen LogP contribution in [0.4, 0.5) is 5.69 Å². The third kappa shape index (κ3) is 4.85. The Morgan fingerprint density at radius 2 is 1.61 bits per heavy atom. The predicted octanol–water partition coefficient (Wildman–Crippen LogP) is 4.23. The fraction of sp³-hybridized carbons (Fsp3) is 0.217. The van der Waals surface area contributed by atoms with E-state index in [2.05, 4.69) is 4.99 Å². The molecule has 2 aromatic rings. The van der Waals surface area contributed by atoms with Gasteiger partial charge >= 0.3 is 5.97 Å². The number of rotatable bonds is 7. The molecule has 2 N–H and O–H groups in total. The summed E-state index contributed by atoms with van der Waals surface area (Å²) in [5, 5.41) is 21.2. The van der Waals surface area contributed by atoms with Gasteiger partial charge in [0.2, 0.25) is 5.75 Å². The Morgan fingerprint density at radius 3 is 2.21 bits per heavy atom. The molecule has 3 rings (SSSR count). The largest absolute Gasteiger partial charge is 0.506 e. The lowest BCUT2D eigenvalue weighted by molar-refractivity contribution is -0.135. The van der Waals surface area contributed by atoms with Crippen LogP contribution < -0.4 is 18.9 Å². The van der Waals surface area contributed by atoms with Crippen molar-refractivity contribution in [2.24, 2.45) is 4.99 Å². The van der Waals surface area contributed by atoms with Crippen molar-refractivity contribution in [1.82, 2.24) is 0 Å². The van der Waals surface area contributed by atoms with E-state index in [1.54, 1.807) is 30.3 Å². The second kappa shape index (κ2) is 10.2. The molecule has 0 saturated carbocycles. The highest BCUT2D eigenvalue weighted by molar-refractivity contribution is 8.18. The molecule has 0 radical (unpaired) electrons. The molecule has 1 heterocycles. The van der Waals surface area contributed by atoms with E-state index < -0.39 is 5.97 Å². The third-order valence-electron chi connectivity index (χ3n) is 4.66. The van der Waals surface area contributed by atoms with Gasteiger partial charge in [-0.1, -0.05) is 11.8 Å². The summed E-state index contributed by atoms with van der Waals surface area (Å²) < 4.78 is 25.8. The quantitative estimate of drug-likeness (QED) is 0.570. The molecule has 0 unspecified atom stereocenters. The number of hydrogen-bond acceptors (Lipinski definition) is 10. The number of aromatic hydroxyl groups is 1. The first-order chi connectivity index (χ1) is 15.9. The number of nitrogens with zero attached hydrogens (tertiary/aromatic N) is 1. The zero-order chi connectivity index (χ0) is 24.1. The Labute approximate surface area is 194 Å². The first-order valence-electron chi connectivity index (χ1n) is 9.54. The lowest BCUT2D eigenvalue weighted by atomic mass is 10.1. The number of benzene rings is 2. The summed E-state index contributed by atoms with van der Waals surface area (Å²) in [5.74, 6) is 0.320. The topological polar surface area (TPSA) is 116 Å². The van der Waals surface area contributed by atoms with E-state index in [0.717, 1.165) is 11.8 Å². The number of hydrogen-bond donors (Lipinski definition) is 2. The Kier molecular flexibility index (Phi) is 7.39. The van der Waals surface area contributed by atoms with Gasteiger partial charge in [-0.25, -0.2) is 9.79 Å². The van der Waals surface area contributed by atoms with Crippen molar-refractivity contribution >= 4 is 34.5 Å². The molecule has 0 aromatic heterocycles. The van der Waals surface area contributed by atoms with Crippen LogP contribution in [0.2, 0.25) is 0 Å². The van der Waals surface area contributed by atoms with Gasteiger partial charge in [-0.15, -0.1) is 0 Å². The molecule has 10 heteroatoms. The third-order valence-corrected chi connectivity index (χ3v) is 5.68. The molecule has 0 atom stereocenters. The summed E-state index contributed by atoms with van der Waals surface area (Å²) in [7, 11) is 7.10. The highest BCUT2D eigenvalue weighted by Gasteiger charge is 2.33. The Morgan fingerprint density at radius 1 is 0.909 bits per heavy atom. The molecule has 0 saturated heterocycles. The van der Waals surface area contributed by atoms with Crippen LogP contribution in [-0.4, -0.2) is 56.8 Å². The van der Waals surface area contributed by atoms with Crippen LogP contribution in [0.25, 0.3) is 6.08 Å². The van der Waals surface area contributed by atoms with Crippen LogP contribution in [0.3, 0.4) is 0 Å². The zero-order valence-corrected chi connectivity index (χ0v) is 19.5. The highest BCUT2D eigenvalue weighted by atomic mass is 32.2. The molecule has 0 amide bonds. The number of phenolic OH excluding ortho intramolecular Hbond substituents is 1. The van der Waals surface area contributed by atoms with Crippen molar-refractivity contribution in [2.75, 3.05) is 35.5 Å². The number of aliphatic imine (C=N–C) groups is 1. The van der Waals surface area contributed by atoms with E-state index in [1.165, 1.54) is 41.6 Å². The lowest BCUT2D eigenvalue weighted by Gasteiger charge is -2.10. The average molecular weight is 474 g/mol. The highest BCUT2D eigenvalue weighted by Crippen LogP contribution is 2.43. The fourth-order valence-electron chi connectivity index (χ4n) is 3.10. The molecule has 0 fully saturated rings. The van der Waals surface area contributed by atoms with Gasteiger partial charge in [0.1, 0.15) is 16.4 Å². The molecule has 9 nitrogen and oxygen atoms in total. The number of thioether (sulfide) groups is 1. The molecular weight excluding hydrogens is 450 g/mol. The van der Waals surface area contributed by atoms with Crippen LogP contribution in [0, 0.1) is 0 Å². The van der Waals surface area contributed by atoms with Crippen molar-refractivity contribution in [1.29, 1.82) is 0 Å². The lowest BCUT2D eigenvalue weighted by Crippen LogP contribution is -2.10. The summed E-state index contributed by atoms with van der Waals surface area (Å²) in [5.41, 5.74) is 0.915. The van der Waals surface area contributed by atoms with Gasteiger partial charge in [0, 0.05) is 6.07 Å². The second-order valence-electron chi connectivity index (χ2n) is 6.56. The maximum absolute atomic E-state index is 12.4. The molecule has 1 aliphatic heterocycles. The van der Waals surface area contributed by atoms with E-state index in [1.807, 2.05) is 0 Å². The maximum atomic E-state index is 12.4. The molecule has 0 bridgehead atoms. The minimum Gasteiger partial charge on any atom is -0.506 e. The number of aliphatic hydroxyl groups excluding tert-OH is 1. The molecule has 33 heavy (non-hydrogen) atoms. The first-order valence-corrected chi connectivity index (χ1v) is 10.4. The normalized spacial score (nSPS) is 15.7. The van der Waals surface area contributed by atoms with E-state index in [9.17, 15) is 15.0 Å². The minimum atomic E-state index is -0.738. The first kappa shape index (κ1) is 23.9. The van der Waals surface area contributed by atoms with Crippen LogP contribution in [0.1, 0.15) is 5.56 Å². The monoisotopic (exact) mass is 473 g/mol. The number of esters is 1. The Balaban J connectivity index is 2.07. The number of methoxy groups -OCH3 is 5. The zero-order valence-electron chi connectivity index (χ0n) is 18.7. The van der Waals surface area contributed by atoms with Gasteiger partial charge in [0.25, 0.3) is 0 Å². The Bertz CT molecular complexity index is 1170. The van der Waals surface area contributed by atoms with Crippen LogP contribution >= 0.6 is 11.8 Å². The molecular formula is C23H23NO8S. The van der Waals surface area contributed by atoms with E-state index in [0.29, 0.717) is 33.4 Å². The predicted molar refractivity (Wildman–Crippen MR) is 125 cm³/mol. The molecule has 174 valence electrons. The Hall–Kier alpha value is -3.79. The van der Waals surface area contributed by atoms with E-state index >= 15 is 0 Å². The van der Waals surface area contributed by atoms with E-state index in [4.69, 9.17) is 23.7 Å². The SMILES string of the molecule is COC(=O)C1=C(O)/C(=C\c2cc(O)c(OC)c(OC)c2)SC1=Nc1ccc(OC)c(OC)c1. The fourth-order valence-corrected chi connectivity index (χ4v) is 4.14. The summed E-state index contributed by atoms with van der Waals surface area (Å²) in [6.45, 7) is 0. The number of ether oxygens (including phenoxy) is 5. The van der Waals surface area contributed by atoms with Crippen molar-refractivity contribution in [3.63, 3.8) is 0 Å². The minimum absolute atomic E-state index is 0.0757. The number of phenols is 1. The van der Waals surface area contributed by atoms with Gasteiger partial charge in [0.05, 0.1) is 46.1 Å². The van der Waals surface area contributed by atoms with Crippen molar-refractivity contribution in [2.45, 2.75) is 0 Å². The van der Waals surface area contributed by atoms with Gasteiger partial charge in [-0.2, -0.15) is 0 Å². The molecule has 0 aliphatic carbocycles. The molecule has 0 spiro atoms. The van der Waals surface area contributed by atoms with Gasteiger partial charge in [-0.3, -0.25) is 0 Å². The smallest absolute Gasteiger partial charge is 0.344 e. The summed E-state index contributed by atoms with van der Waals surface area (Å²) in [6.07, 6.45) is 1.59. The van der Waals surface area contributed by atoms with Crippen LogP contribution in [0.5, 0.6) is 28.7 Å². The summed E-state index contributed by atoms with van der Waals surface area (Å²) in [6, 6.07) is 8.09. The molecule has 2 aromatic carbocycles. The van der Waals surface area contributed by atoms with Crippen molar-refractivity contribution < 1.29 is 38.7 Å².